The lowest BCUT2D eigenvalue weighted by Crippen LogP contribution is -2.30. The first-order valence-corrected chi connectivity index (χ1v) is 8.51. The highest BCUT2D eigenvalue weighted by atomic mass is 35.5. The third kappa shape index (κ3) is 4.73. The quantitative estimate of drug-likeness (QED) is 0.752. The molecule has 0 saturated carbocycles. The van der Waals surface area contributed by atoms with Crippen LogP contribution >= 0.6 is 22.9 Å². The highest BCUT2D eigenvalue weighted by Gasteiger charge is 2.34. The number of anilines is 1. The van der Waals surface area contributed by atoms with Crippen LogP contribution in [0.5, 0.6) is 0 Å². The van der Waals surface area contributed by atoms with Crippen LogP contribution < -0.4 is 5.32 Å². The maximum Gasteiger partial charge on any atom is 0.418 e. The molecule has 5 nitrogen and oxygen atoms in total. The number of esters is 1. The highest BCUT2D eigenvalue weighted by molar-refractivity contribution is 7.13. The number of aromatic nitrogens is 1. The van der Waals surface area contributed by atoms with Crippen molar-refractivity contribution in [2.45, 2.75) is 33.1 Å². The van der Waals surface area contributed by atoms with E-state index in [1.54, 1.807) is 13.8 Å². The van der Waals surface area contributed by atoms with E-state index in [0.29, 0.717) is 16.8 Å². The third-order valence-corrected chi connectivity index (χ3v) is 4.57. The van der Waals surface area contributed by atoms with E-state index in [0.717, 1.165) is 17.4 Å². The number of carbonyl (C=O) groups excluding carboxylic acids is 2. The predicted octanol–water partition coefficient (Wildman–Crippen LogP) is 4.62. The Kier molecular flexibility index (Phi) is 5.92. The molecule has 0 radical (unpaired) electrons. The van der Waals surface area contributed by atoms with E-state index in [-0.39, 0.29) is 9.90 Å². The zero-order valence-electron chi connectivity index (χ0n) is 13.9. The molecule has 140 valence electrons. The van der Waals surface area contributed by atoms with Crippen LogP contribution in [0.4, 0.5) is 18.9 Å². The van der Waals surface area contributed by atoms with E-state index in [1.807, 2.05) is 0 Å². The zero-order valence-corrected chi connectivity index (χ0v) is 15.5. The first kappa shape index (κ1) is 20.2. The Morgan fingerprint density at radius 1 is 1.31 bits per heavy atom. The summed E-state index contributed by atoms with van der Waals surface area (Å²) >= 11 is 6.70. The normalized spacial score (nSPS) is 12.6. The van der Waals surface area contributed by atoms with Gasteiger partial charge in [-0.3, -0.25) is 4.79 Å². The van der Waals surface area contributed by atoms with Gasteiger partial charge in [0.2, 0.25) is 0 Å². The largest absolute Gasteiger partial charge is 0.448 e. The number of hydrogen-bond donors (Lipinski definition) is 1. The Morgan fingerprint density at radius 2 is 1.96 bits per heavy atom. The van der Waals surface area contributed by atoms with Crippen molar-refractivity contribution in [3.05, 3.63) is 44.4 Å². The van der Waals surface area contributed by atoms with Gasteiger partial charge in [-0.25, -0.2) is 9.78 Å². The second-order valence-electron chi connectivity index (χ2n) is 5.37. The lowest BCUT2D eigenvalue weighted by atomic mass is 10.1. The summed E-state index contributed by atoms with van der Waals surface area (Å²) in [5.74, 6) is -1.66. The molecule has 1 heterocycles. The van der Waals surface area contributed by atoms with Gasteiger partial charge in [0.05, 0.1) is 22.0 Å². The SMILES string of the molecule is Cc1nc(C)c(C(=O)OC(C)C(=O)Nc2ccc(Cl)cc2C(F)(F)F)s1. The molecule has 1 unspecified atom stereocenters. The predicted molar refractivity (Wildman–Crippen MR) is 91.5 cm³/mol. The topological polar surface area (TPSA) is 68.3 Å². The summed E-state index contributed by atoms with van der Waals surface area (Å²) in [5.41, 5.74) is -1.10. The molecule has 10 heteroatoms. The number of nitrogens with zero attached hydrogens (tertiary/aromatic N) is 1. The molecule has 2 aromatic rings. The molecular formula is C16H14ClF3N2O3S. The Hall–Kier alpha value is -2.13. The summed E-state index contributed by atoms with van der Waals surface area (Å²) in [6, 6.07) is 2.96. The molecule has 1 atom stereocenters. The number of alkyl halides is 3. The van der Waals surface area contributed by atoms with Crippen LogP contribution in [-0.2, 0) is 15.7 Å². The van der Waals surface area contributed by atoms with Gasteiger partial charge < -0.3 is 10.1 Å². The Balaban J connectivity index is 2.13. The van der Waals surface area contributed by atoms with Crippen LogP contribution in [0.3, 0.4) is 0 Å². The average Bonchev–Trinajstić information content (AvgIpc) is 2.86. The number of amides is 1. The van der Waals surface area contributed by atoms with Crippen LogP contribution in [0.25, 0.3) is 0 Å². The number of rotatable bonds is 4. The number of halogens is 4. The van der Waals surface area contributed by atoms with Crippen LogP contribution in [0, 0.1) is 13.8 Å². The Morgan fingerprint density at radius 3 is 2.50 bits per heavy atom. The third-order valence-electron chi connectivity index (χ3n) is 3.29. The Labute approximate surface area is 156 Å². The number of ether oxygens (including phenoxy) is 1. The molecule has 1 amide bonds. The molecule has 0 bridgehead atoms. The van der Waals surface area contributed by atoms with Crippen molar-refractivity contribution >= 4 is 40.5 Å². The molecule has 2 rings (SSSR count). The summed E-state index contributed by atoms with van der Waals surface area (Å²) in [5, 5.41) is 2.65. The maximum absolute atomic E-state index is 13.1. The van der Waals surface area contributed by atoms with E-state index in [2.05, 4.69) is 10.3 Å². The van der Waals surface area contributed by atoms with Gasteiger partial charge in [0.15, 0.2) is 6.10 Å². The van der Waals surface area contributed by atoms with Gasteiger partial charge in [0.25, 0.3) is 5.91 Å². The molecule has 0 fully saturated rings. The molecule has 0 aliphatic carbocycles. The average molecular weight is 407 g/mol. The molecule has 0 aliphatic heterocycles. The van der Waals surface area contributed by atoms with E-state index in [1.165, 1.54) is 13.0 Å². The molecular weight excluding hydrogens is 393 g/mol. The number of hydrogen-bond acceptors (Lipinski definition) is 5. The molecule has 1 aromatic carbocycles. The molecule has 1 N–H and O–H groups in total. The van der Waals surface area contributed by atoms with Crippen molar-refractivity contribution in [1.82, 2.24) is 4.98 Å². The molecule has 1 aromatic heterocycles. The van der Waals surface area contributed by atoms with Crippen LogP contribution in [0.1, 0.15) is 32.9 Å². The van der Waals surface area contributed by atoms with Gasteiger partial charge in [-0.1, -0.05) is 11.6 Å². The monoisotopic (exact) mass is 406 g/mol. The van der Waals surface area contributed by atoms with Crippen molar-refractivity contribution in [3.63, 3.8) is 0 Å². The molecule has 26 heavy (non-hydrogen) atoms. The van der Waals surface area contributed by atoms with E-state index >= 15 is 0 Å². The zero-order chi connectivity index (χ0) is 19.6. The van der Waals surface area contributed by atoms with Crippen molar-refractivity contribution in [1.29, 1.82) is 0 Å². The smallest absolute Gasteiger partial charge is 0.418 e. The van der Waals surface area contributed by atoms with Crippen LogP contribution in [-0.4, -0.2) is 23.0 Å². The van der Waals surface area contributed by atoms with Crippen molar-refractivity contribution in [2.24, 2.45) is 0 Å². The van der Waals surface area contributed by atoms with Gasteiger partial charge in [0.1, 0.15) is 4.88 Å². The minimum absolute atomic E-state index is 0.120. The van der Waals surface area contributed by atoms with Crippen LogP contribution in [0.15, 0.2) is 18.2 Å². The second-order valence-corrected chi connectivity index (χ2v) is 7.01. The number of nitrogens with one attached hydrogen (secondary N) is 1. The molecule has 0 aliphatic rings. The van der Waals surface area contributed by atoms with E-state index in [4.69, 9.17) is 16.3 Å². The van der Waals surface area contributed by atoms with Crippen molar-refractivity contribution < 1.29 is 27.5 Å². The van der Waals surface area contributed by atoms with Gasteiger partial charge >= 0.3 is 12.1 Å². The summed E-state index contributed by atoms with van der Waals surface area (Å²) in [7, 11) is 0. The van der Waals surface area contributed by atoms with Gasteiger partial charge in [-0.15, -0.1) is 11.3 Å². The van der Waals surface area contributed by atoms with Crippen molar-refractivity contribution in [2.75, 3.05) is 5.32 Å². The van der Waals surface area contributed by atoms with E-state index in [9.17, 15) is 22.8 Å². The summed E-state index contributed by atoms with van der Waals surface area (Å²) in [6.07, 6.45) is -6.01. The lowest BCUT2D eigenvalue weighted by molar-refractivity contribution is -0.137. The fourth-order valence-electron chi connectivity index (χ4n) is 2.08. The first-order valence-electron chi connectivity index (χ1n) is 7.31. The molecule has 0 saturated heterocycles. The fourth-order valence-corrected chi connectivity index (χ4v) is 3.06. The summed E-state index contributed by atoms with van der Waals surface area (Å²) in [4.78, 5) is 28.5. The first-order chi connectivity index (χ1) is 12.0. The minimum Gasteiger partial charge on any atom is -0.448 e. The standard InChI is InChI=1S/C16H14ClF3N2O3S/c1-7-13(26-9(3)21-7)15(24)25-8(2)14(23)22-12-5-4-10(17)6-11(12)16(18,19)20/h4-6,8H,1-3H3,(H,22,23). The van der Waals surface area contributed by atoms with Crippen LogP contribution in [0.2, 0.25) is 5.02 Å². The van der Waals surface area contributed by atoms with Gasteiger partial charge in [-0.05, 0) is 39.0 Å². The van der Waals surface area contributed by atoms with E-state index < -0.39 is 35.4 Å². The van der Waals surface area contributed by atoms with Crippen molar-refractivity contribution in [3.8, 4) is 0 Å². The van der Waals surface area contributed by atoms with Gasteiger partial charge in [-0.2, -0.15) is 13.2 Å². The minimum atomic E-state index is -4.70. The molecule has 0 spiro atoms. The summed E-state index contributed by atoms with van der Waals surface area (Å²) in [6.45, 7) is 4.59. The lowest BCUT2D eigenvalue weighted by Gasteiger charge is -2.17. The maximum atomic E-state index is 13.1. The number of thiazole rings is 1. The van der Waals surface area contributed by atoms with Gasteiger partial charge in [0, 0.05) is 5.02 Å². The fraction of sp³-hybridized carbons (Fsp3) is 0.312. The highest BCUT2D eigenvalue weighted by Crippen LogP contribution is 2.36. The second kappa shape index (κ2) is 7.63. The number of carbonyl (C=O) groups is 2. The Bertz CT molecular complexity index is 852. The number of aryl methyl sites for hydroxylation is 2. The number of benzene rings is 1. The summed E-state index contributed by atoms with van der Waals surface area (Å²) < 4.78 is 44.2.